The molecular formula is C39H60N4O6. The summed E-state index contributed by atoms with van der Waals surface area (Å²) >= 11 is 0. The molecule has 272 valence electrons. The van der Waals surface area contributed by atoms with Crippen LogP contribution < -0.4 is 4.90 Å². The Morgan fingerprint density at radius 2 is 1.69 bits per heavy atom. The van der Waals surface area contributed by atoms with Crippen LogP contribution in [0.1, 0.15) is 77.7 Å². The fourth-order valence-corrected chi connectivity index (χ4v) is 7.86. The first-order valence-electron chi connectivity index (χ1n) is 18.8. The van der Waals surface area contributed by atoms with Crippen molar-refractivity contribution in [2.75, 3.05) is 70.4 Å². The average molecular weight is 681 g/mol. The topological polar surface area (TPSA) is 106 Å². The van der Waals surface area contributed by atoms with Gasteiger partial charge in [-0.1, -0.05) is 44.6 Å². The quantitative estimate of drug-likeness (QED) is 0.306. The molecule has 0 aromatic heterocycles. The van der Waals surface area contributed by atoms with E-state index in [4.69, 9.17) is 9.47 Å². The molecule has 10 nitrogen and oxygen atoms in total. The van der Waals surface area contributed by atoms with E-state index in [1.807, 2.05) is 30.9 Å². The Kier molecular flexibility index (Phi) is 14.0. The second-order valence-corrected chi connectivity index (χ2v) is 14.8. The Morgan fingerprint density at radius 3 is 2.41 bits per heavy atom. The molecule has 49 heavy (non-hydrogen) atoms. The first kappa shape index (κ1) is 37.3. The molecule has 1 amide bonds. The van der Waals surface area contributed by atoms with Gasteiger partial charge in [-0.3, -0.25) is 9.69 Å². The molecule has 0 unspecified atom stereocenters. The van der Waals surface area contributed by atoms with Gasteiger partial charge in [0.25, 0.3) is 0 Å². The van der Waals surface area contributed by atoms with Crippen LogP contribution in [0.5, 0.6) is 0 Å². The summed E-state index contributed by atoms with van der Waals surface area (Å²) in [4.78, 5) is 35.5. The van der Waals surface area contributed by atoms with Crippen LogP contribution in [0.4, 0.5) is 10.5 Å². The highest BCUT2D eigenvalue weighted by atomic mass is 16.6. The first-order valence-corrected chi connectivity index (χ1v) is 18.8. The van der Waals surface area contributed by atoms with E-state index in [9.17, 15) is 19.8 Å². The number of piperazine rings is 1. The molecule has 1 aromatic rings. The number of hydrogen-bond donors (Lipinski definition) is 2. The highest BCUT2D eigenvalue weighted by molar-refractivity contribution is 5.71. The number of esters is 1. The van der Waals surface area contributed by atoms with Gasteiger partial charge >= 0.3 is 12.1 Å². The first-order chi connectivity index (χ1) is 23.7. The molecule has 4 heterocycles. The maximum absolute atomic E-state index is 13.4. The lowest BCUT2D eigenvalue weighted by molar-refractivity contribution is -0.151. The monoisotopic (exact) mass is 680 g/mol. The number of carbonyl (C=O) groups is 2. The van der Waals surface area contributed by atoms with Gasteiger partial charge < -0.3 is 34.4 Å². The molecule has 1 aromatic carbocycles. The average Bonchev–Trinajstić information content (AvgIpc) is 3.11. The van der Waals surface area contributed by atoms with Gasteiger partial charge in [-0.05, 0) is 93.8 Å². The zero-order valence-corrected chi connectivity index (χ0v) is 30.0. The largest absolute Gasteiger partial charge is 0.457 e. The molecule has 0 bridgehead atoms. The van der Waals surface area contributed by atoms with Crippen molar-refractivity contribution < 1.29 is 29.3 Å². The lowest BCUT2D eigenvalue weighted by Crippen LogP contribution is -2.48. The van der Waals surface area contributed by atoms with Gasteiger partial charge in [0.15, 0.2) is 0 Å². The molecule has 4 aliphatic rings. The highest BCUT2D eigenvalue weighted by Gasteiger charge is 2.31. The van der Waals surface area contributed by atoms with Gasteiger partial charge in [0.2, 0.25) is 0 Å². The second kappa shape index (κ2) is 18.4. The summed E-state index contributed by atoms with van der Waals surface area (Å²) < 4.78 is 12.2. The molecule has 0 saturated carbocycles. The van der Waals surface area contributed by atoms with Crippen molar-refractivity contribution in [3.8, 4) is 0 Å². The van der Waals surface area contributed by atoms with Gasteiger partial charge in [0.05, 0.1) is 19.1 Å². The number of likely N-dealkylation sites (tertiary alicyclic amines) is 2. The van der Waals surface area contributed by atoms with Crippen LogP contribution in [0.15, 0.2) is 42.0 Å². The van der Waals surface area contributed by atoms with Crippen molar-refractivity contribution in [2.24, 2.45) is 11.8 Å². The maximum atomic E-state index is 13.4. The number of anilines is 1. The zero-order valence-electron chi connectivity index (χ0n) is 30.0. The summed E-state index contributed by atoms with van der Waals surface area (Å²) in [6.45, 7) is 14.3. The molecule has 0 radical (unpaired) electrons. The standard InChI is InChI=1S/C39H60N4O6/c1-29-10-12-35(45)28-37(46)49-38(31(3)26-32-8-7-9-34(27-32)42-22-20-40(21-23-42)24-25-44)30(2)11-13-36(29)48-39(47)43-18-14-33(15-19-43)41-16-5-4-6-17-41/h7-9,11,13,26-27,29-30,33,35-36,38,44-45H,4-6,10,12,14-25,28H2,1-3H3/b13-11-,31-26+/t29-,30-,35+,36-,38-/m0/s1. The highest BCUT2D eigenvalue weighted by Crippen LogP contribution is 2.28. The minimum Gasteiger partial charge on any atom is -0.457 e. The number of rotatable bonds is 7. The number of cyclic esters (lactones) is 1. The molecule has 3 fully saturated rings. The number of aliphatic hydroxyl groups is 2. The van der Waals surface area contributed by atoms with Gasteiger partial charge in [-0.15, -0.1) is 0 Å². The minimum absolute atomic E-state index is 0.0216. The molecule has 3 saturated heterocycles. The van der Waals surface area contributed by atoms with E-state index < -0.39 is 24.3 Å². The van der Waals surface area contributed by atoms with E-state index in [1.165, 1.54) is 32.4 Å². The minimum atomic E-state index is -0.821. The maximum Gasteiger partial charge on any atom is 0.410 e. The number of benzene rings is 1. The number of aliphatic hydroxyl groups excluding tert-OH is 2. The van der Waals surface area contributed by atoms with E-state index in [0.29, 0.717) is 38.5 Å². The third-order valence-corrected chi connectivity index (χ3v) is 11.0. The van der Waals surface area contributed by atoms with E-state index in [-0.39, 0.29) is 31.0 Å². The summed E-state index contributed by atoms with van der Waals surface area (Å²) in [6, 6.07) is 8.95. The SMILES string of the molecule is C/C(=C\c1cccc(N2CCN(CCO)CC2)c1)[C@H]1OC(=O)C[C@H](O)CC[C@H](C)[C@@H](OC(=O)N2CCC(N3CCCCC3)CC2)/C=C\[C@@H]1C. The molecule has 0 spiro atoms. The van der Waals surface area contributed by atoms with Gasteiger partial charge in [0, 0.05) is 63.5 Å². The van der Waals surface area contributed by atoms with E-state index in [1.54, 1.807) is 0 Å². The predicted molar refractivity (Wildman–Crippen MR) is 193 cm³/mol. The van der Waals surface area contributed by atoms with E-state index >= 15 is 0 Å². The number of hydrogen-bond acceptors (Lipinski definition) is 9. The Morgan fingerprint density at radius 1 is 0.959 bits per heavy atom. The van der Waals surface area contributed by atoms with Crippen molar-refractivity contribution in [3.63, 3.8) is 0 Å². The van der Waals surface area contributed by atoms with Crippen molar-refractivity contribution in [2.45, 2.75) is 96.5 Å². The van der Waals surface area contributed by atoms with Crippen molar-refractivity contribution in [1.82, 2.24) is 14.7 Å². The third kappa shape index (κ3) is 10.8. The summed E-state index contributed by atoms with van der Waals surface area (Å²) in [5.41, 5.74) is 3.07. The van der Waals surface area contributed by atoms with Gasteiger partial charge in [-0.25, -0.2) is 4.79 Å². The third-order valence-electron chi connectivity index (χ3n) is 11.0. The van der Waals surface area contributed by atoms with Crippen LogP contribution in [0, 0.1) is 11.8 Å². The Balaban J connectivity index is 1.26. The van der Waals surface area contributed by atoms with Crippen molar-refractivity contribution >= 4 is 23.8 Å². The number of ether oxygens (including phenoxy) is 2. The van der Waals surface area contributed by atoms with Crippen molar-refractivity contribution in [3.05, 3.63) is 47.6 Å². The Bertz CT molecular complexity index is 1270. The number of nitrogens with zero attached hydrogens (tertiary/aromatic N) is 4. The fraction of sp³-hybridized carbons (Fsp3) is 0.692. The Hall–Kier alpha value is -2.92. The number of amides is 1. The number of carbonyl (C=O) groups excluding carboxylic acids is 2. The predicted octanol–water partition coefficient (Wildman–Crippen LogP) is 4.94. The van der Waals surface area contributed by atoms with Gasteiger partial charge in [-0.2, -0.15) is 0 Å². The van der Waals surface area contributed by atoms with E-state index in [2.05, 4.69) is 52.0 Å². The molecular weight excluding hydrogens is 620 g/mol. The van der Waals surface area contributed by atoms with Crippen molar-refractivity contribution in [1.29, 1.82) is 0 Å². The summed E-state index contributed by atoms with van der Waals surface area (Å²) in [7, 11) is 0. The summed E-state index contributed by atoms with van der Waals surface area (Å²) in [6.07, 6.45) is 10.8. The number of β-amino-alcohol motifs (C(OH)–C–C–N with tert-alkyl or cyclic N) is 1. The molecule has 5 rings (SSSR count). The number of piperidine rings is 2. The lowest BCUT2D eigenvalue weighted by Gasteiger charge is -2.40. The summed E-state index contributed by atoms with van der Waals surface area (Å²) in [5, 5.41) is 20.0. The summed E-state index contributed by atoms with van der Waals surface area (Å²) in [5.74, 6) is -0.621. The van der Waals surface area contributed by atoms with Crippen LogP contribution in [-0.2, 0) is 14.3 Å². The second-order valence-electron chi connectivity index (χ2n) is 14.8. The fourth-order valence-electron chi connectivity index (χ4n) is 7.86. The molecule has 0 aliphatic carbocycles. The lowest BCUT2D eigenvalue weighted by atomic mass is 9.91. The molecule has 10 heteroatoms. The Labute approximate surface area is 293 Å². The van der Waals surface area contributed by atoms with E-state index in [0.717, 1.165) is 55.8 Å². The smallest absolute Gasteiger partial charge is 0.410 e. The van der Waals surface area contributed by atoms with Crippen LogP contribution >= 0.6 is 0 Å². The molecule has 5 atom stereocenters. The van der Waals surface area contributed by atoms with Gasteiger partial charge in [0.1, 0.15) is 12.2 Å². The van der Waals surface area contributed by atoms with Crippen LogP contribution in [0.3, 0.4) is 0 Å². The molecule has 2 N–H and O–H groups in total. The van der Waals surface area contributed by atoms with Crippen LogP contribution in [-0.4, -0.2) is 127 Å². The van der Waals surface area contributed by atoms with Crippen LogP contribution in [0.2, 0.25) is 0 Å². The zero-order chi connectivity index (χ0) is 34.8. The van der Waals surface area contributed by atoms with Crippen LogP contribution in [0.25, 0.3) is 6.08 Å². The molecule has 4 aliphatic heterocycles. The normalized spacial score (nSPS) is 29.9.